The Hall–Kier alpha value is -1.76. The monoisotopic (exact) mass is 331 g/mol. The lowest BCUT2D eigenvalue weighted by Gasteiger charge is -2.24. The van der Waals surface area contributed by atoms with Crippen molar-refractivity contribution < 1.29 is 0 Å². The maximum Gasteiger partial charge on any atom is 0.267 e. The minimum absolute atomic E-state index is 0.0333. The number of nitrogens with zero attached hydrogens (tertiary/aromatic N) is 5. The Morgan fingerprint density at radius 3 is 2.96 bits per heavy atom. The normalized spacial score (nSPS) is 20.7. The quantitative estimate of drug-likeness (QED) is 0.860. The highest BCUT2D eigenvalue weighted by Gasteiger charge is 2.28. The molecule has 1 unspecified atom stereocenters. The van der Waals surface area contributed by atoms with Gasteiger partial charge >= 0.3 is 0 Å². The summed E-state index contributed by atoms with van der Waals surface area (Å²) >= 11 is 1.62. The molecule has 6 nitrogen and oxygen atoms in total. The van der Waals surface area contributed by atoms with Gasteiger partial charge in [-0.15, -0.1) is 10.2 Å². The van der Waals surface area contributed by atoms with E-state index in [-0.39, 0.29) is 11.6 Å². The van der Waals surface area contributed by atoms with E-state index in [0.717, 1.165) is 53.6 Å². The highest BCUT2D eigenvalue weighted by atomic mass is 32.1. The van der Waals surface area contributed by atoms with E-state index in [1.165, 1.54) is 12.8 Å². The van der Waals surface area contributed by atoms with Crippen molar-refractivity contribution in [1.29, 1.82) is 0 Å². The molecule has 1 saturated heterocycles. The highest BCUT2D eigenvalue weighted by Crippen LogP contribution is 2.28. The first-order valence-electron chi connectivity index (χ1n) is 8.37. The van der Waals surface area contributed by atoms with Crippen molar-refractivity contribution in [3.8, 4) is 0 Å². The summed E-state index contributed by atoms with van der Waals surface area (Å²) < 4.78 is 1.67. The van der Waals surface area contributed by atoms with Gasteiger partial charge in [0, 0.05) is 12.6 Å². The van der Waals surface area contributed by atoms with Crippen molar-refractivity contribution in [2.24, 2.45) is 0 Å². The molecule has 122 valence electrons. The van der Waals surface area contributed by atoms with Crippen LogP contribution in [-0.4, -0.2) is 32.6 Å². The molecule has 0 radical (unpaired) electrons. The number of aromatic nitrogens is 4. The Morgan fingerprint density at radius 1 is 1.26 bits per heavy atom. The highest BCUT2D eigenvalue weighted by molar-refractivity contribution is 7.15. The summed E-state index contributed by atoms with van der Waals surface area (Å²) in [6.07, 6.45) is 6.55. The first-order chi connectivity index (χ1) is 11.2. The van der Waals surface area contributed by atoms with Gasteiger partial charge < -0.3 is 4.90 Å². The third-order valence-corrected chi connectivity index (χ3v) is 5.67. The topological polar surface area (TPSA) is 63.9 Å². The number of rotatable bonds is 3. The SMILES string of the molecule is Cc1nnc(N2CCCC2Cn2nc3c(cc2=O)CCCC3)s1. The average Bonchev–Trinajstić information content (AvgIpc) is 3.16. The molecule has 2 aromatic rings. The lowest BCUT2D eigenvalue weighted by molar-refractivity contribution is 0.473. The minimum Gasteiger partial charge on any atom is -0.342 e. The predicted molar refractivity (Wildman–Crippen MR) is 90.2 cm³/mol. The number of aryl methyl sites for hydroxylation is 3. The maximum atomic E-state index is 12.4. The van der Waals surface area contributed by atoms with Gasteiger partial charge in [0.05, 0.1) is 18.3 Å². The van der Waals surface area contributed by atoms with Crippen molar-refractivity contribution in [1.82, 2.24) is 20.0 Å². The van der Waals surface area contributed by atoms with Gasteiger partial charge in [0.15, 0.2) is 0 Å². The van der Waals surface area contributed by atoms with Crippen molar-refractivity contribution in [2.45, 2.75) is 58.0 Å². The van der Waals surface area contributed by atoms with E-state index in [2.05, 4.69) is 20.2 Å². The lowest BCUT2D eigenvalue weighted by Crippen LogP contribution is -2.37. The molecule has 0 saturated carbocycles. The Bertz CT molecular complexity index is 768. The summed E-state index contributed by atoms with van der Waals surface area (Å²) in [4.78, 5) is 14.7. The summed E-state index contributed by atoms with van der Waals surface area (Å²) in [5.41, 5.74) is 2.30. The molecular weight excluding hydrogens is 310 g/mol. The maximum absolute atomic E-state index is 12.4. The first-order valence-corrected chi connectivity index (χ1v) is 9.19. The van der Waals surface area contributed by atoms with Crippen LogP contribution in [0.4, 0.5) is 5.13 Å². The standard InChI is InChI=1S/C16H21N5OS/c1-11-17-18-16(23-11)20-8-4-6-13(20)10-21-15(22)9-12-5-2-3-7-14(12)19-21/h9,13H,2-8,10H2,1H3. The molecule has 0 amide bonds. The van der Waals surface area contributed by atoms with E-state index < -0.39 is 0 Å². The van der Waals surface area contributed by atoms with E-state index in [1.54, 1.807) is 22.1 Å². The Balaban J connectivity index is 1.58. The number of hydrogen-bond donors (Lipinski definition) is 0. The Labute approximate surface area is 139 Å². The van der Waals surface area contributed by atoms with Crippen molar-refractivity contribution >= 4 is 16.5 Å². The summed E-state index contributed by atoms with van der Waals surface area (Å²) in [7, 11) is 0. The van der Waals surface area contributed by atoms with Crippen molar-refractivity contribution in [3.05, 3.63) is 32.7 Å². The molecule has 23 heavy (non-hydrogen) atoms. The third-order valence-electron chi connectivity index (χ3n) is 4.80. The van der Waals surface area contributed by atoms with Crippen LogP contribution in [0.2, 0.25) is 0 Å². The van der Waals surface area contributed by atoms with Gasteiger partial charge in [-0.05, 0) is 51.0 Å². The fourth-order valence-corrected chi connectivity index (χ4v) is 4.40. The van der Waals surface area contributed by atoms with Crippen LogP contribution in [0.1, 0.15) is 41.9 Å². The summed E-state index contributed by atoms with van der Waals surface area (Å²) in [5.74, 6) is 0. The molecular formula is C16H21N5OS. The van der Waals surface area contributed by atoms with Gasteiger partial charge in [-0.1, -0.05) is 11.3 Å². The summed E-state index contributed by atoms with van der Waals surface area (Å²) in [5, 5.41) is 15.0. The van der Waals surface area contributed by atoms with Gasteiger partial charge in [0.2, 0.25) is 5.13 Å². The molecule has 1 fully saturated rings. The van der Waals surface area contributed by atoms with Gasteiger partial charge in [-0.25, -0.2) is 4.68 Å². The zero-order valence-electron chi connectivity index (χ0n) is 13.4. The number of anilines is 1. The lowest BCUT2D eigenvalue weighted by atomic mass is 9.97. The molecule has 2 aliphatic rings. The molecule has 2 aromatic heterocycles. The number of hydrogen-bond acceptors (Lipinski definition) is 6. The van der Waals surface area contributed by atoms with E-state index >= 15 is 0 Å². The second kappa shape index (κ2) is 6.03. The van der Waals surface area contributed by atoms with Crippen LogP contribution in [0.25, 0.3) is 0 Å². The zero-order chi connectivity index (χ0) is 15.8. The fraction of sp³-hybridized carbons (Fsp3) is 0.625. The van der Waals surface area contributed by atoms with Crippen LogP contribution in [0.3, 0.4) is 0 Å². The molecule has 7 heteroatoms. The van der Waals surface area contributed by atoms with Gasteiger partial charge in [-0.2, -0.15) is 5.10 Å². The van der Waals surface area contributed by atoms with E-state index in [9.17, 15) is 4.79 Å². The fourth-order valence-electron chi connectivity index (χ4n) is 3.61. The second-order valence-electron chi connectivity index (χ2n) is 6.44. The predicted octanol–water partition coefficient (Wildman–Crippen LogP) is 1.95. The van der Waals surface area contributed by atoms with Crippen LogP contribution >= 0.6 is 11.3 Å². The number of fused-ring (bicyclic) bond motifs is 1. The molecule has 1 atom stereocenters. The third kappa shape index (κ3) is 2.89. The van der Waals surface area contributed by atoms with Gasteiger partial charge in [0.25, 0.3) is 5.56 Å². The molecule has 1 aliphatic heterocycles. The molecule has 4 rings (SSSR count). The smallest absolute Gasteiger partial charge is 0.267 e. The van der Waals surface area contributed by atoms with Crippen molar-refractivity contribution in [3.63, 3.8) is 0 Å². The van der Waals surface area contributed by atoms with Gasteiger partial charge in [-0.3, -0.25) is 4.79 Å². The average molecular weight is 331 g/mol. The second-order valence-corrected chi connectivity index (χ2v) is 7.60. The zero-order valence-corrected chi connectivity index (χ0v) is 14.2. The van der Waals surface area contributed by atoms with Crippen LogP contribution in [0, 0.1) is 6.92 Å². The van der Waals surface area contributed by atoms with Crippen LogP contribution in [0.5, 0.6) is 0 Å². The van der Waals surface area contributed by atoms with E-state index in [1.807, 2.05) is 6.92 Å². The van der Waals surface area contributed by atoms with Crippen molar-refractivity contribution in [2.75, 3.05) is 11.4 Å². The molecule has 3 heterocycles. The molecule has 1 aliphatic carbocycles. The molecule has 0 spiro atoms. The van der Waals surface area contributed by atoms with Crippen LogP contribution in [-0.2, 0) is 19.4 Å². The molecule has 0 bridgehead atoms. The van der Waals surface area contributed by atoms with Crippen LogP contribution in [0.15, 0.2) is 10.9 Å². The minimum atomic E-state index is 0.0333. The first kappa shape index (κ1) is 14.8. The van der Waals surface area contributed by atoms with Crippen LogP contribution < -0.4 is 10.5 Å². The Morgan fingerprint density at radius 2 is 2.13 bits per heavy atom. The van der Waals surface area contributed by atoms with E-state index in [4.69, 9.17) is 0 Å². The molecule has 0 aromatic carbocycles. The summed E-state index contributed by atoms with van der Waals surface area (Å²) in [6.45, 7) is 3.60. The summed E-state index contributed by atoms with van der Waals surface area (Å²) in [6, 6.07) is 2.09. The largest absolute Gasteiger partial charge is 0.342 e. The Kier molecular flexibility index (Phi) is 3.88. The van der Waals surface area contributed by atoms with E-state index in [0.29, 0.717) is 6.54 Å². The van der Waals surface area contributed by atoms with Gasteiger partial charge in [0.1, 0.15) is 5.01 Å². The molecule has 0 N–H and O–H groups in total.